The molecule has 0 radical (unpaired) electrons. The van der Waals surface area contributed by atoms with Crippen LogP contribution < -0.4 is 0 Å². The van der Waals surface area contributed by atoms with Crippen molar-refractivity contribution < 1.29 is 80.2 Å². The van der Waals surface area contributed by atoms with Crippen LogP contribution in [0.15, 0.2) is 97.2 Å². The summed E-state index contributed by atoms with van der Waals surface area (Å²) in [6.45, 7) is 4.77. The average molecular weight is 1530 g/mol. The van der Waals surface area contributed by atoms with Gasteiger partial charge in [0, 0.05) is 25.7 Å². The summed E-state index contributed by atoms with van der Waals surface area (Å²) in [7, 11) is -9.99. The number of allylic oxidation sites excluding steroid dienone is 16. The molecule has 0 aliphatic rings. The molecule has 0 aromatic rings. The Labute approximate surface area is 646 Å². The molecule has 0 amide bonds. The van der Waals surface area contributed by atoms with Crippen LogP contribution >= 0.6 is 15.6 Å². The predicted octanol–water partition coefficient (Wildman–Crippen LogP) is 25.1. The Morgan fingerprint density at radius 3 is 0.755 bits per heavy atom. The highest BCUT2D eigenvalue weighted by Gasteiger charge is 2.30. The van der Waals surface area contributed by atoms with Crippen molar-refractivity contribution >= 4 is 39.5 Å². The molecule has 0 aromatic heterocycles. The van der Waals surface area contributed by atoms with Crippen LogP contribution in [0.2, 0.25) is 0 Å². The molecule has 0 bridgehead atoms. The summed E-state index contributed by atoms with van der Waals surface area (Å²) in [5.41, 5.74) is 0. The molecular formula is C87H154O17P2. The number of aliphatic hydroxyl groups excluding tert-OH is 1. The molecule has 17 nitrogen and oxygen atoms in total. The molecule has 614 valence electrons. The number of aliphatic hydroxyl groups is 1. The number of unbranched alkanes of at least 4 members (excludes halogenated alkanes) is 38. The van der Waals surface area contributed by atoms with Crippen molar-refractivity contribution in [3.8, 4) is 0 Å². The molecule has 5 atom stereocenters. The number of rotatable bonds is 80. The quantitative estimate of drug-likeness (QED) is 0.0169. The number of phosphoric ester groups is 2. The topological polar surface area (TPSA) is 237 Å². The monoisotopic (exact) mass is 1530 g/mol. The van der Waals surface area contributed by atoms with Crippen LogP contribution in [0.4, 0.5) is 0 Å². The Balaban J connectivity index is 5.43. The fourth-order valence-corrected chi connectivity index (χ4v) is 13.1. The van der Waals surface area contributed by atoms with Crippen molar-refractivity contribution in [2.24, 2.45) is 0 Å². The normalized spacial score (nSPS) is 14.3. The Bertz CT molecular complexity index is 2380. The smallest absolute Gasteiger partial charge is 0.462 e. The van der Waals surface area contributed by atoms with Crippen molar-refractivity contribution in [2.75, 3.05) is 39.6 Å². The van der Waals surface area contributed by atoms with E-state index < -0.39 is 97.5 Å². The van der Waals surface area contributed by atoms with E-state index in [-0.39, 0.29) is 25.7 Å². The lowest BCUT2D eigenvalue weighted by molar-refractivity contribution is -0.161. The molecule has 0 aromatic carbocycles. The second-order valence-electron chi connectivity index (χ2n) is 28.4. The standard InChI is InChI=1S/C87H154O17P2/c1-5-9-13-17-21-25-29-33-37-40-44-47-51-55-59-63-67-71-84(89)97-77-82(103-86(91)73-69-65-61-57-53-49-43-36-32-28-24-20-16-12-8-4)79-101-105(93,94)99-75-81(88)76-100-106(95,96)102-80-83(104-87(92)74-70-66-62-58-54-50-46-42-39-35-31-27-23-19-15-11-7-3)78-98-85(90)72-68-64-60-56-52-48-45-41-38-34-30-26-22-18-14-10-6-2/h21,23,25,27,33,35,37,39,44,46-47,50,55,58-59,62,81-83,88H,5-20,22,24,26,28-32,34,36,38,40-43,45,48-49,51-54,56-57,60-61,63-80H2,1-4H3,(H,93,94)(H,95,96)/b25-21-,27-23-,37-33-,39-35-,47-44-,50-46-,59-55-,62-58-/t81-,82-,83-/m1/s1. The maximum atomic E-state index is 13.1. The van der Waals surface area contributed by atoms with Gasteiger partial charge in [-0.25, -0.2) is 9.13 Å². The summed E-state index contributed by atoms with van der Waals surface area (Å²) < 4.78 is 68.7. The van der Waals surface area contributed by atoms with Gasteiger partial charge >= 0.3 is 39.5 Å². The molecule has 0 saturated heterocycles. The van der Waals surface area contributed by atoms with Gasteiger partial charge in [0.1, 0.15) is 19.3 Å². The fraction of sp³-hybridized carbons (Fsp3) is 0.770. The third-order valence-electron chi connectivity index (χ3n) is 18.1. The second kappa shape index (κ2) is 79.1. The summed E-state index contributed by atoms with van der Waals surface area (Å²) in [6, 6.07) is 0. The van der Waals surface area contributed by atoms with Crippen molar-refractivity contribution in [3.05, 3.63) is 97.2 Å². The number of hydrogen-bond donors (Lipinski definition) is 3. The zero-order valence-electron chi connectivity index (χ0n) is 67.3. The molecule has 0 rings (SSSR count). The molecule has 2 unspecified atom stereocenters. The first kappa shape index (κ1) is 102. The molecule has 0 aliphatic heterocycles. The van der Waals surface area contributed by atoms with E-state index in [1.54, 1.807) is 0 Å². The van der Waals surface area contributed by atoms with Crippen LogP contribution in [0.1, 0.15) is 374 Å². The lowest BCUT2D eigenvalue weighted by atomic mass is 10.0. The molecule has 19 heteroatoms. The maximum absolute atomic E-state index is 13.1. The van der Waals surface area contributed by atoms with E-state index in [0.717, 1.165) is 96.3 Å². The molecular weight excluding hydrogens is 1380 g/mol. The number of phosphoric acid groups is 2. The van der Waals surface area contributed by atoms with E-state index in [1.165, 1.54) is 186 Å². The first-order valence-electron chi connectivity index (χ1n) is 42.5. The third kappa shape index (κ3) is 78.1. The van der Waals surface area contributed by atoms with E-state index >= 15 is 0 Å². The van der Waals surface area contributed by atoms with Gasteiger partial charge in [-0.2, -0.15) is 0 Å². The third-order valence-corrected chi connectivity index (χ3v) is 20.0. The number of carbonyl (C=O) groups excluding carboxylic acids is 4. The fourth-order valence-electron chi connectivity index (χ4n) is 11.6. The Hall–Kier alpha value is -4.02. The van der Waals surface area contributed by atoms with Gasteiger partial charge in [-0.3, -0.25) is 37.3 Å². The Kier molecular flexibility index (Phi) is 76.1. The van der Waals surface area contributed by atoms with Gasteiger partial charge in [-0.1, -0.05) is 343 Å². The summed E-state index contributed by atoms with van der Waals surface area (Å²) in [4.78, 5) is 73.1. The molecule has 0 heterocycles. The van der Waals surface area contributed by atoms with Gasteiger partial charge in [-0.15, -0.1) is 0 Å². The van der Waals surface area contributed by atoms with E-state index in [4.69, 9.17) is 37.0 Å². The van der Waals surface area contributed by atoms with E-state index in [1.807, 2.05) is 24.3 Å². The largest absolute Gasteiger partial charge is 0.472 e. The predicted molar refractivity (Wildman–Crippen MR) is 436 cm³/mol. The van der Waals surface area contributed by atoms with Crippen molar-refractivity contribution in [3.63, 3.8) is 0 Å². The van der Waals surface area contributed by atoms with E-state index in [0.29, 0.717) is 38.5 Å². The lowest BCUT2D eigenvalue weighted by Crippen LogP contribution is -2.30. The van der Waals surface area contributed by atoms with Crippen LogP contribution in [0.25, 0.3) is 0 Å². The van der Waals surface area contributed by atoms with Crippen LogP contribution in [0, 0.1) is 0 Å². The number of carbonyl (C=O) groups is 4. The summed E-state index contributed by atoms with van der Waals surface area (Å²) in [5, 5.41) is 10.7. The molecule has 0 aliphatic carbocycles. The molecule has 0 saturated carbocycles. The minimum absolute atomic E-state index is 0.0206. The van der Waals surface area contributed by atoms with Gasteiger partial charge < -0.3 is 33.8 Å². The molecule has 0 fully saturated rings. The van der Waals surface area contributed by atoms with Crippen LogP contribution in [-0.2, 0) is 65.4 Å². The van der Waals surface area contributed by atoms with Gasteiger partial charge in [0.25, 0.3) is 0 Å². The Morgan fingerprint density at radius 2 is 0.472 bits per heavy atom. The number of hydrogen-bond acceptors (Lipinski definition) is 15. The van der Waals surface area contributed by atoms with E-state index in [2.05, 4.69) is 101 Å². The highest BCUT2D eigenvalue weighted by Crippen LogP contribution is 2.45. The van der Waals surface area contributed by atoms with Gasteiger partial charge in [0.15, 0.2) is 12.2 Å². The zero-order chi connectivity index (χ0) is 77.4. The minimum atomic E-state index is -4.99. The van der Waals surface area contributed by atoms with Gasteiger partial charge in [0.2, 0.25) is 0 Å². The summed E-state index contributed by atoms with van der Waals surface area (Å²) in [6.07, 6.45) is 85.3. The van der Waals surface area contributed by atoms with Crippen LogP contribution in [0.3, 0.4) is 0 Å². The van der Waals surface area contributed by atoms with E-state index in [9.17, 15) is 43.2 Å². The van der Waals surface area contributed by atoms with Gasteiger partial charge in [0.05, 0.1) is 26.4 Å². The van der Waals surface area contributed by atoms with Gasteiger partial charge in [-0.05, 0) is 103 Å². The summed E-state index contributed by atoms with van der Waals surface area (Å²) >= 11 is 0. The Morgan fingerprint density at radius 1 is 0.264 bits per heavy atom. The average Bonchev–Trinajstić information content (AvgIpc) is 0.901. The lowest BCUT2D eigenvalue weighted by Gasteiger charge is -2.21. The van der Waals surface area contributed by atoms with Crippen LogP contribution in [-0.4, -0.2) is 96.7 Å². The molecule has 0 spiro atoms. The first-order valence-corrected chi connectivity index (χ1v) is 45.5. The number of esters is 4. The highest BCUT2D eigenvalue weighted by atomic mass is 31.2. The molecule has 3 N–H and O–H groups in total. The second-order valence-corrected chi connectivity index (χ2v) is 31.3. The van der Waals surface area contributed by atoms with Crippen molar-refractivity contribution in [2.45, 2.75) is 393 Å². The maximum Gasteiger partial charge on any atom is 0.472 e. The SMILES string of the molecule is CCCCC/C=C\C/C=C\C/C=C\C/C=C\CCCC(=O)OC[C@H](COP(=O)(O)OC[C@@H](O)COP(=O)(O)OC[C@@H](COC(=O)CCCCCCCCCCCCCCCCCCC)OC(=O)CCC/C=C\C/C=C\C/C=C\C/C=C\CCCCC)OC(=O)CCCCCCCCCCCCCCCCC. The molecule has 106 heavy (non-hydrogen) atoms. The minimum Gasteiger partial charge on any atom is -0.462 e. The van der Waals surface area contributed by atoms with Crippen molar-refractivity contribution in [1.29, 1.82) is 0 Å². The zero-order valence-corrected chi connectivity index (χ0v) is 69.1. The first-order chi connectivity index (χ1) is 51.7. The number of ether oxygens (including phenoxy) is 4. The highest BCUT2D eigenvalue weighted by molar-refractivity contribution is 7.47. The van der Waals surface area contributed by atoms with Crippen LogP contribution in [0.5, 0.6) is 0 Å². The van der Waals surface area contributed by atoms with Crippen molar-refractivity contribution in [1.82, 2.24) is 0 Å². The summed E-state index contributed by atoms with van der Waals surface area (Å²) in [5.74, 6) is -2.28.